The van der Waals surface area contributed by atoms with E-state index in [1.807, 2.05) is 54.6 Å². The van der Waals surface area contributed by atoms with Gasteiger partial charge in [-0.05, 0) is 73.9 Å². The van der Waals surface area contributed by atoms with Gasteiger partial charge in [0.1, 0.15) is 11.6 Å². The zero-order valence-corrected chi connectivity index (χ0v) is 20.9. The minimum Gasteiger partial charge on any atom is -0.497 e. The van der Waals surface area contributed by atoms with Gasteiger partial charge in [0.15, 0.2) is 0 Å². The molecule has 4 rings (SSSR count). The molecule has 0 aromatic heterocycles. The summed E-state index contributed by atoms with van der Waals surface area (Å²) in [6.45, 7) is 4.91. The van der Waals surface area contributed by atoms with Gasteiger partial charge < -0.3 is 14.7 Å². The number of halogens is 1. The first-order chi connectivity index (χ1) is 16.5. The summed E-state index contributed by atoms with van der Waals surface area (Å²) in [7, 11) is 1.64. The Morgan fingerprint density at radius 2 is 1.80 bits per heavy atom. The van der Waals surface area contributed by atoms with Crippen LogP contribution in [0.2, 0.25) is 0 Å². The summed E-state index contributed by atoms with van der Waals surface area (Å²) in [6.07, 6.45) is 3.92. The molecule has 0 bridgehead atoms. The molecule has 0 fully saturated rings. The van der Waals surface area contributed by atoms with E-state index in [0.29, 0.717) is 17.5 Å². The van der Waals surface area contributed by atoms with Crippen molar-refractivity contribution in [1.29, 1.82) is 0 Å². The molecule has 1 heterocycles. The first kappa shape index (κ1) is 26.2. The number of fused-ring (bicyclic) bond motifs is 1. The number of nitrogens with zero attached hydrogens (tertiary/aromatic N) is 3. The summed E-state index contributed by atoms with van der Waals surface area (Å²) in [6, 6.07) is 21.9. The smallest absolute Gasteiger partial charge is 0.238 e. The number of ether oxygens (including phenoxy) is 1. The molecule has 1 atom stereocenters. The summed E-state index contributed by atoms with van der Waals surface area (Å²) in [5.41, 5.74) is 3.79. The third-order valence-corrected chi connectivity index (χ3v) is 6.25. The molecule has 0 aliphatic carbocycles. The van der Waals surface area contributed by atoms with Gasteiger partial charge in [-0.2, -0.15) is 5.10 Å². The molecule has 3 aromatic rings. The van der Waals surface area contributed by atoms with E-state index in [1.165, 1.54) is 6.07 Å². The van der Waals surface area contributed by atoms with Crippen molar-refractivity contribution in [3.05, 3.63) is 107 Å². The molecule has 0 spiro atoms. The number of anilines is 1. The third kappa shape index (κ3) is 5.31. The number of rotatable bonds is 7. The van der Waals surface area contributed by atoms with E-state index < -0.39 is 5.41 Å². The zero-order valence-electron chi connectivity index (χ0n) is 19.9. The molecule has 5 nitrogen and oxygen atoms in total. The molecule has 1 aliphatic heterocycles. The Kier molecular flexibility index (Phi) is 8.48. The Labute approximate surface area is 215 Å². The Hall–Kier alpha value is -3.42. The monoisotopic (exact) mass is 516 g/mol. The minimum atomic E-state index is -0.528. The molecule has 1 radical (unpaired) electrons. The largest absolute Gasteiger partial charge is 0.497 e. The molecule has 1 unspecified atom stereocenters. The van der Waals surface area contributed by atoms with Crippen LogP contribution in [0.25, 0.3) is 0 Å². The SMILES string of the molecule is CCN1\C(=C/C=N/N=C(\O)c2ccccc2)C(C)(Cc2ccccc2F)c2cc(OC)ccc21.[Co]. The van der Waals surface area contributed by atoms with Crippen LogP contribution in [0.5, 0.6) is 5.75 Å². The number of allylic oxidation sites excluding steroid dienone is 2. The van der Waals surface area contributed by atoms with Crippen LogP contribution < -0.4 is 9.64 Å². The fourth-order valence-corrected chi connectivity index (χ4v) is 4.55. The van der Waals surface area contributed by atoms with E-state index in [2.05, 4.69) is 29.0 Å². The Morgan fingerprint density at radius 3 is 2.49 bits per heavy atom. The van der Waals surface area contributed by atoms with Gasteiger partial charge in [-0.1, -0.05) is 36.4 Å². The number of aliphatic hydroxyl groups excluding tert-OH is 1. The summed E-state index contributed by atoms with van der Waals surface area (Å²) in [5, 5.41) is 18.2. The van der Waals surface area contributed by atoms with Gasteiger partial charge in [0.05, 0.1) is 13.3 Å². The number of benzene rings is 3. The number of aliphatic hydroxyl groups is 1. The fourth-order valence-electron chi connectivity index (χ4n) is 4.55. The molecule has 35 heavy (non-hydrogen) atoms. The summed E-state index contributed by atoms with van der Waals surface area (Å²) >= 11 is 0. The maximum atomic E-state index is 14.7. The Morgan fingerprint density at radius 1 is 1.09 bits per heavy atom. The normalized spacial score (nSPS) is 18.6. The van der Waals surface area contributed by atoms with Gasteiger partial charge in [-0.25, -0.2) is 4.39 Å². The predicted molar refractivity (Wildman–Crippen MR) is 136 cm³/mol. The van der Waals surface area contributed by atoms with Crippen LogP contribution >= 0.6 is 0 Å². The van der Waals surface area contributed by atoms with E-state index >= 15 is 0 Å². The summed E-state index contributed by atoms with van der Waals surface area (Å²) in [4.78, 5) is 2.20. The fraction of sp³-hybridized carbons (Fsp3) is 0.214. The van der Waals surface area contributed by atoms with Gasteiger partial charge in [-0.3, -0.25) is 0 Å². The molecule has 3 aromatic carbocycles. The van der Waals surface area contributed by atoms with Crippen molar-refractivity contribution in [1.82, 2.24) is 0 Å². The first-order valence-corrected chi connectivity index (χ1v) is 11.2. The van der Waals surface area contributed by atoms with Crippen molar-refractivity contribution in [2.24, 2.45) is 10.2 Å². The molecule has 0 saturated heterocycles. The Balaban J connectivity index is 0.00000342. The van der Waals surface area contributed by atoms with Crippen LogP contribution in [0.15, 0.2) is 94.8 Å². The molecular weight excluding hydrogens is 488 g/mol. The van der Waals surface area contributed by atoms with Crippen molar-refractivity contribution in [3.8, 4) is 5.75 Å². The van der Waals surface area contributed by atoms with Gasteiger partial charge in [0, 0.05) is 45.7 Å². The molecule has 183 valence electrons. The van der Waals surface area contributed by atoms with Crippen molar-refractivity contribution in [3.63, 3.8) is 0 Å². The van der Waals surface area contributed by atoms with Gasteiger partial charge in [-0.15, -0.1) is 5.10 Å². The van der Waals surface area contributed by atoms with Crippen LogP contribution in [0.4, 0.5) is 10.1 Å². The second kappa shape index (κ2) is 11.3. The van der Waals surface area contributed by atoms with Gasteiger partial charge in [0.2, 0.25) is 5.90 Å². The van der Waals surface area contributed by atoms with E-state index in [4.69, 9.17) is 4.74 Å². The molecule has 1 N–H and O–H groups in total. The van der Waals surface area contributed by atoms with E-state index in [1.54, 1.807) is 31.5 Å². The third-order valence-electron chi connectivity index (χ3n) is 6.25. The topological polar surface area (TPSA) is 57.4 Å². The second-order valence-electron chi connectivity index (χ2n) is 8.33. The van der Waals surface area contributed by atoms with Crippen LogP contribution in [0.3, 0.4) is 0 Å². The van der Waals surface area contributed by atoms with Gasteiger partial charge >= 0.3 is 0 Å². The quantitative estimate of drug-likeness (QED) is 0.237. The predicted octanol–water partition coefficient (Wildman–Crippen LogP) is 6.05. The average molecular weight is 516 g/mol. The number of hydrogen-bond acceptors (Lipinski definition) is 4. The van der Waals surface area contributed by atoms with Crippen LogP contribution in [0, 0.1) is 5.82 Å². The summed E-state index contributed by atoms with van der Waals surface area (Å²) in [5.74, 6) is 0.367. The number of hydrogen-bond donors (Lipinski definition) is 1. The van der Waals surface area contributed by atoms with E-state index in [-0.39, 0.29) is 28.5 Å². The Bertz CT molecular complexity index is 1260. The van der Waals surface area contributed by atoms with Crippen molar-refractivity contribution in [2.45, 2.75) is 25.7 Å². The average Bonchev–Trinajstić information content (AvgIpc) is 3.10. The van der Waals surface area contributed by atoms with Crippen LogP contribution in [0.1, 0.15) is 30.5 Å². The van der Waals surface area contributed by atoms with E-state index in [0.717, 1.165) is 29.2 Å². The van der Waals surface area contributed by atoms with E-state index in [9.17, 15) is 9.50 Å². The minimum absolute atomic E-state index is 0. The standard InChI is InChI=1S/C28H28FN3O2.Co/c1-4-32-25-15-14-22(34-3)18-23(25)28(2,19-21-12-8-9-13-24(21)29)26(32)16-17-30-31-27(33)20-10-6-5-7-11-20;/h5-18H,4,19H2,1-3H3,(H,31,33);/b26-16-,30-17+;. The maximum absolute atomic E-state index is 14.7. The maximum Gasteiger partial charge on any atom is 0.238 e. The second-order valence-corrected chi connectivity index (χ2v) is 8.33. The van der Waals surface area contributed by atoms with Crippen molar-refractivity contribution >= 4 is 17.8 Å². The molecule has 0 amide bonds. The number of methoxy groups -OCH3 is 1. The van der Waals surface area contributed by atoms with Crippen LogP contribution in [-0.4, -0.2) is 30.9 Å². The molecule has 0 saturated carbocycles. The zero-order chi connectivity index (χ0) is 24.1. The first-order valence-electron chi connectivity index (χ1n) is 11.2. The number of likely N-dealkylation sites (N-methyl/N-ethyl adjacent to an activating group) is 1. The van der Waals surface area contributed by atoms with Gasteiger partial charge in [0.25, 0.3) is 0 Å². The van der Waals surface area contributed by atoms with Crippen molar-refractivity contribution in [2.75, 3.05) is 18.6 Å². The molecular formula is C28H28CoFN3O2. The van der Waals surface area contributed by atoms with Crippen LogP contribution in [-0.2, 0) is 28.6 Å². The summed E-state index contributed by atoms with van der Waals surface area (Å²) < 4.78 is 20.2. The van der Waals surface area contributed by atoms with Crippen molar-refractivity contribution < 1.29 is 31.0 Å². The molecule has 7 heteroatoms. The molecule has 1 aliphatic rings.